The summed E-state index contributed by atoms with van der Waals surface area (Å²) in [6.07, 6.45) is 0. The van der Waals surface area contributed by atoms with Gasteiger partial charge in [0, 0.05) is 30.4 Å². The highest BCUT2D eigenvalue weighted by Gasteiger charge is 2.50. The Morgan fingerprint density at radius 3 is 2.43 bits per heavy atom. The number of imide groups is 1. The number of carbonyl (C=O) groups is 3. The fraction of sp³-hybridized carbons (Fsp3) is 0.308. The van der Waals surface area contributed by atoms with Gasteiger partial charge in [-0.15, -0.1) is 0 Å². The number of hydrogen-bond acceptors (Lipinski definition) is 5. The summed E-state index contributed by atoms with van der Waals surface area (Å²) < 4.78 is 7.37. The van der Waals surface area contributed by atoms with E-state index in [0.29, 0.717) is 30.0 Å². The minimum atomic E-state index is -1.39. The van der Waals surface area contributed by atoms with Gasteiger partial charge < -0.3 is 15.0 Å². The monoisotopic (exact) mass is 473 g/mol. The molecule has 0 spiro atoms. The van der Waals surface area contributed by atoms with Crippen LogP contribution in [0.5, 0.6) is 5.75 Å². The summed E-state index contributed by atoms with van der Waals surface area (Å²) in [7, 11) is 1.90. The molecule has 2 N–H and O–H groups in total. The van der Waals surface area contributed by atoms with Crippen LogP contribution in [-0.4, -0.2) is 45.7 Å². The van der Waals surface area contributed by atoms with Gasteiger partial charge >= 0.3 is 6.03 Å². The Hall–Kier alpha value is -4.14. The van der Waals surface area contributed by atoms with Crippen LogP contribution in [0.15, 0.2) is 42.5 Å². The summed E-state index contributed by atoms with van der Waals surface area (Å²) in [6.45, 7) is 6.69. The minimum absolute atomic E-state index is 0.00630. The Labute approximate surface area is 203 Å². The summed E-state index contributed by atoms with van der Waals surface area (Å²) in [6, 6.07) is 12.3. The lowest BCUT2D eigenvalue weighted by molar-refractivity contribution is -0.124. The van der Waals surface area contributed by atoms with Crippen LogP contribution in [0.1, 0.15) is 39.8 Å². The Morgan fingerprint density at radius 1 is 1.09 bits per heavy atom. The highest BCUT2D eigenvalue weighted by molar-refractivity contribution is 6.08. The van der Waals surface area contributed by atoms with Gasteiger partial charge in [0.25, 0.3) is 11.8 Å². The molecule has 3 aromatic rings. The Kier molecular flexibility index (Phi) is 5.35. The van der Waals surface area contributed by atoms with Crippen LogP contribution in [0, 0.1) is 13.8 Å². The summed E-state index contributed by atoms with van der Waals surface area (Å²) in [5.74, 6) is -0.0597. The van der Waals surface area contributed by atoms with Crippen LogP contribution in [-0.2, 0) is 23.9 Å². The molecule has 5 rings (SSSR count). The first-order valence-corrected chi connectivity index (χ1v) is 11.5. The van der Waals surface area contributed by atoms with Gasteiger partial charge in [-0.25, -0.2) is 4.79 Å². The molecule has 35 heavy (non-hydrogen) atoms. The average Bonchev–Trinajstić information content (AvgIpc) is 3.39. The molecule has 2 aliphatic rings. The number of amides is 4. The SMILES string of the molecule is CCOc1ccc2c(c1)C(=O)N(C[C@@]1(c3ccc(-c4c(C)nn(C)c4C)cc3)NC(=O)NC1=O)C2. The zero-order valence-electron chi connectivity index (χ0n) is 20.1. The molecule has 0 saturated carbocycles. The zero-order valence-corrected chi connectivity index (χ0v) is 20.1. The molecular formula is C26H27N5O4. The number of carbonyl (C=O) groups excluding carboxylic acids is 3. The molecule has 180 valence electrons. The first-order valence-electron chi connectivity index (χ1n) is 11.5. The molecule has 9 nitrogen and oxygen atoms in total. The lowest BCUT2D eigenvalue weighted by Crippen LogP contribution is -2.52. The number of nitrogens with one attached hydrogen (secondary N) is 2. The van der Waals surface area contributed by atoms with E-state index in [1.165, 1.54) is 0 Å². The maximum atomic E-state index is 13.2. The van der Waals surface area contributed by atoms with Gasteiger partial charge in [-0.05, 0) is 49.6 Å². The molecule has 1 aromatic heterocycles. The fourth-order valence-electron chi connectivity index (χ4n) is 5.02. The van der Waals surface area contributed by atoms with Crippen molar-refractivity contribution in [1.82, 2.24) is 25.3 Å². The predicted molar refractivity (Wildman–Crippen MR) is 129 cm³/mol. The molecule has 1 fully saturated rings. The van der Waals surface area contributed by atoms with E-state index >= 15 is 0 Å². The van der Waals surface area contributed by atoms with Crippen molar-refractivity contribution >= 4 is 17.8 Å². The number of aryl methyl sites for hydroxylation is 2. The van der Waals surface area contributed by atoms with Gasteiger partial charge in [-0.2, -0.15) is 5.10 Å². The molecule has 0 unspecified atom stereocenters. The lowest BCUT2D eigenvalue weighted by Gasteiger charge is -2.31. The van der Waals surface area contributed by atoms with Crippen molar-refractivity contribution in [3.8, 4) is 16.9 Å². The van der Waals surface area contributed by atoms with Gasteiger partial charge in [0.2, 0.25) is 0 Å². The third-order valence-electron chi connectivity index (χ3n) is 6.82. The van der Waals surface area contributed by atoms with Gasteiger partial charge in [-0.1, -0.05) is 30.3 Å². The van der Waals surface area contributed by atoms with E-state index in [1.807, 2.05) is 68.9 Å². The van der Waals surface area contributed by atoms with E-state index in [4.69, 9.17) is 4.74 Å². The first-order chi connectivity index (χ1) is 16.7. The Morgan fingerprint density at radius 2 is 1.83 bits per heavy atom. The minimum Gasteiger partial charge on any atom is -0.494 e. The third-order valence-corrected chi connectivity index (χ3v) is 6.82. The van der Waals surface area contributed by atoms with E-state index in [-0.39, 0.29) is 12.5 Å². The normalized spacial score (nSPS) is 19.1. The van der Waals surface area contributed by atoms with E-state index < -0.39 is 17.5 Å². The van der Waals surface area contributed by atoms with E-state index in [1.54, 1.807) is 11.0 Å². The number of ether oxygens (including phenoxy) is 1. The number of aromatic nitrogens is 2. The predicted octanol–water partition coefficient (Wildman–Crippen LogP) is 2.79. The van der Waals surface area contributed by atoms with Crippen LogP contribution in [0.4, 0.5) is 4.79 Å². The largest absolute Gasteiger partial charge is 0.494 e. The van der Waals surface area contributed by atoms with Gasteiger partial charge in [-0.3, -0.25) is 19.6 Å². The van der Waals surface area contributed by atoms with Crippen molar-refractivity contribution in [1.29, 1.82) is 0 Å². The van der Waals surface area contributed by atoms with Gasteiger partial charge in [0.1, 0.15) is 5.75 Å². The topological polar surface area (TPSA) is 106 Å². The van der Waals surface area contributed by atoms with Crippen LogP contribution in [0.25, 0.3) is 11.1 Å². The van der Waals surface area contributed by atoms with Crippen molar-refractivity contribution in [3.63, 3.8) is 0 Å². The second kappa shape index (κ2) is 8.26. The number of rotatable bonds is 6. The first kappa shape index (κ1) is 22.6. The molecule has 9 heteroatoms. The molecule has 3 heterocycles. The van der Waals surface area contributed by atoms with Crippen molar-refractivity contribution < 1.29 is 19.1 Å². The summed E-state index contributed by atoms with van der Waals surface area (Å²) in [5, 5.41) is 9.62. The Bertz CT molecular complexity index is 1360. The third kappa shape index (κ3) is 3.63. The van der Waals surface area contributed by atoms with Crippen molar-refractivity contribution in [2.45, 2.75) is 32.9 Å². The molecule has 0 radical (unpaired) electrons. The van der Waals surface area contributed by atoms with Crippen LogP contribution >= 0.6 is 0 Å². The quantitative estimate of drug-likeness (QED) is 0.536. The smallest absolute Gasteiger partial charge is 0.322 e. The standard InChI is InChI=1S/C26H27N5O4/c1-5-35-20-11-8-18-13-31(23(32)21(18)12-20)14-26(24(33)27-25(34)28-26)19-9-6-17(7-10-19)22-15(2)29-30(4)16(22)3/h6-12H,5,13-14H2,1-4H3,(H2,27,28,33,34)/t26-/m0/s1. The van der Waals surface area contributed by atoms with Crippen LogP contribution < -0.4 is 15.4 Å². The molecule has 1 saturated heterocycles. The number of urea groups is 1. The van der Waals surface area contributed by atoms with Crippen molar-refractivity contribution in [2.24, 2.45) is 7.05 Å². The second-order valence-electron chi connectivity index (χ2n) is 8.97. The Balaban J connectivity index is 1.48. The molecule has 2 aliphatic heterocycles. The average molecular weight is 474 g/mol. The lowest BCUT2D eigenvalue weighted by atomic mass is 9.88. The van der Waals surface area contributed by atoms with E-state index in [0.717, 1.165) is 28.1 Å². The van der Waals surface area contributed by atoms with Crippen LogP contribution in [0.2, 0.25) is 0 Å². The molecule has 0 bridgehead atoms. The van der Waals surface area contributed by atoms with E-state index in [2.05, 4.69) is 15.7 Å². The molecular weight excluding hydrogens is 446 g/mol. The highest BCUT2D eigenvalue weighted by atomic mass is 16.5. The maximum Gasteiger partial charge on any atom is 0.322 e. The van der Waals surface area contributed by atoms with Gasteiger partial charge in [0.15, 0.2) is 5.54 Å². The fourth-order valence-corrected chi connectivity index (χ4v) is 5.02. The number of fused-ring (bicyclic) bond motifs is 1. The summed E-state index contributed by atoms with van der Waals surface area (Å²) in [5.41, 5.74) is 4.55. The van der Waals surface area contributed by atoms with Crippen molar-refractivity contribution in [3.05, 3.63) is 70.5 Å². The van der Waals surface area contributed by atoms with Crippen LogP contribution in [0.3, 0.4) is 0 Å². The number of benzene rings is 2. The van der Waals surface area contributed by atoms with Crippen molar-refractivity contribution in [2.75, 3.05) is 13.2 Å². The van der Waals surface area contributed by atoms with E-state index in [9.17, 15) is 14.4 Å². The highest BCUT2D eigenvalue weighted by Crippen LogP contribution is 2.34. The molecule has 0 aliphatic carbocycles. The summed E-state index contributed by atoms with van der Waals surface area (Å²) >= 11 is 0. The molecule has 4 amide bonds. The molecule has 1 atom stereocenters. The number of nitrogens with zero attached hydrogens (tertiary/aromatic N) is 3. The van der Waals surface area contributed by atoms with Gasteiger partial charge in [0.05, 0.1) is 18.8 Å². The maximum absolute atomic E-state index is 13.2. The molecule has 2 aromatic carbocycles. The number of hydrogen-bond donors (Lipinski definition) is 2. The second-order valence-corrected chi connectivity index (χ2v) is 8.97. The summed E-state index contributed by atoms with van der Waals surface area (Å²) in [4.78, 5) is 40.2. The zero-order chi connectivity index (χ0) is 24.9.